The van der Waals surface area contributed by atoms with Crippen LogP contribution >= 0.6 is 0 Å². The molecule has 0 N–H and O–H groups in total. The van der Waals surface area contributed by atoms with Crippen molar-refractivity contribution in [1.82, 2.24) is 0 Å². The van der Waals surface area contributed by atoms with Gasteiger partial charge in [0.05, 0.1) is 12.3 Å². The minimum atomic E-state index is -0.628. The van der Waals surface area contributed by atoms with Crippen LogP contribution in [0.3, 0.4) is 0 Å². The quantitative estimate of drug-likeness (QED) is 0.175. The van der Waals surface area contributed by atoms with Gasteiger partial charge in [-0.2, -0.15) is 0 Å². The summed E-state index contributed by atoms with van der Waals surface area (Å²) >= 11 is 0. The first-order valence-corrected chi connectivity index (χ1v) is 17.0. The second-order valence-electron chi connectivity index (χ2n) is 12.6. The molecule has 0 saturated heterocycles. The third-order valence-corrected chi connectivity index (χ3v) is 9.61. The standard InChI is InChI=1S/C50H33NO/c1-2-11-34(12-3-1)35-23-28-40(29-24-35)51(42-17-8-16-39(33-42)44-20-9-15-36-13-4-6-18-43(36)44)41-30-25-38(26-31-41)45-21-10-22-48-49(45)47-32-27-37-14-5-7-19-46(37)50(47)52-48/h1-33H/i1D,2D,3D,11D,12D,23D,24D,28D,29D. The van der Waals surface area contributed by atoms with Gasteiger partial charge in [0.25, 0.3) is 0 Å². The monoisotopic (exact) mass is 672 g/mol. The van der Waals surface area contributed by atoms with Gasteiger partial charge in [-0.25, -0.2) is 0 Å². The summed E-state index contributed by atoms with van der Waals surface area (Å²) in [6.45, 7) is 0. The molecule has 0 amide bonds. The Hall–Kier alpha value is -6.90. The summed E-state index contributed by atoms with van der Waals surface area (Å²) in [5, 5.41) is 6.17. The topological polar surface area (TPSA) is 16.4 Å². The summed E-state index contributed by atoms with van der Waals surface area (Å²) in [5.74, 6) is 0. The van der Waals surface area contributed by atoms with Crippen molar-refractivity contribution in [2.75, 3.05) is 4.90 Å². The summed E-state index contributed by atoms with van der Waals surface area (Å²) in [5.41, 5.74) is 5.53. The van der Waals surface area contributed by atoms with Crippen molar-refractivity contribution < 1.29 is 16.8 Å². The van der Waals surface area contributed by atoms with Crippen LogP contribution in [-0.2, 0) is 0 Å². The number of benzene rings is 9. The van der Waals surface area contributed by atoms with Crippen LogP contribution in [0.25, 0.3) is 76.9 Å². The van der Waals surface area contributed by atoms with E-state index >= 15 is 0 Å². The fraction of sp³-hybridized carbons (Fsp3) is 0. The molecule has 2 heteroatoms. The summed E-state index contributed by atoms with van der Waals surface area (Å²) in [6.07, 6.45) is 0. The lowest BCUT2D eigenvalue weighted by molar-refractivity contribution is 0.673. The number of furan rings is 1. The van der Waals surface area contributed by atoms with Crippen molar-refractivity contribution in [1.29, 1.82) is 0 Å². The highest BCUT2D eigenvalue weighted by molar-refractivity contribution is 6.19. The van der Waals surface area contributed by atoms with Crippen molar-refractivity contribution >= 4 is 60.5 Å². The van der Waals surface area contributed by atoms with Crippen LogP contribution in [0.1, 0.15) is 12.3 Å². The number of nitrogens with zero attached hydrogens (tertiary/aromatic N) is 1. The molecule has 0 aliphatic rings. The van der Waals surface area contributed by atoms with E-state index in [1.165, 1.54) is 0 Å². The molecule has 9 aromatic carbocycles. The van der Waals surface area contributed by atoms with Crippen molar-refractivity contribution in [2.45, 2.75) is 0 Å². The summed E-state index contributed by atoms with van der Waals surface area (Å²) in [7, 11) is 0. The Morgan fingerprint density at radius 2 is 1.08 bits per heavy atom. The molecule has 1 aromatic heterocycles. The van der Waals surface area contributed by atoms with Gasteiger partial charge in [-0.1, -0.05) is 151 Å². The van der Waals surface area contributed by atoms with Gasteiger partial charge in [-0.15, -0.1) is 0 Å². The van der Waals surface area contributed by atoms with Gasteiger partial charge < -0.3 is 9.32 Å². The molecular formula is C50H33NO. The normalized spacial score (nSPS) is 13.9. The molecule has 0 radical (unpaired) electrons. The third-order valence-electron chi connectivity index (χ3n) is 9.61. The van der Waals surface area contributed by atoms with Gasteiger partial charge in [0.15, 0.2) is 0 Å². The molecule has 0 saturated carbocycles. The van der Waals surface area contributed by atoms with Gasteiger partial charge in [0.1, 0.15) is 11.2 Å². The van der Waals surface area contributed by atoms with Crippen LogP contribution in [0.15, 0.2) is 204 Å². The summed E-state index contributed by atoms with van der Waals surface area (Å²) < 4.78 is 85.7. The lowest BCUT2D eigenvalue weighted by Gasteiger charge is -2.26. The molecule has 0 spiro atoms. The fourth-order valence-corrected chi connectivity index (χ4v) is 7.20. The van der Waals surface area contributed by atoms with Gasteiger partial charge in [-0.3, -0.25) is 0 Å². The maximum atomic E-state index is 9.46. The second-order valence-corrected chi connectivity index (χ2v) is 12.6. The highest BCUT2D eigenvalue weighted by Gasteiger charge is 2.17. The zero-order chi connectivity index (χ0) is 42.3. The summed E-state index contributed by atoms with van der Waals surface area (Å²) in [4.78, 5) is 1.69. The summed E-state index contributed by atoms with van der Waals surface area (Å²) in [6, 6.07) is 42.8. The SMILES string of the molecule is [2H]c1c([2H])c([2H])c(-c2c([2H])c([2H])c(N(c3ccc(-c4cccc5oc6c7ccccc7ccc6c45)cc3)c3cccc(-c4cccc5ccccc45)c3)c([2H])c2[2H])c([2H])c1[2H]. The van der Waals surface area contributed by atoms with Crippen molar-refractivity contribution in [2.24, 2.45) is 0 Å². The molecule has 1 heterocycles. The Balaban J connectivity index is 1.18. The average Bonchev–Trinajstić information content (AvgIpc) is 3.69. The Bertz CT molecular complexity index is 3370. The second kappa shape index (κ2) is 12.5. The first-order valence-electron chi connectivity index (χ1n) is 21.5. The van der Waals surface area contributed by atoms with Crippen LogP contribution in [0, 0.1) is 0 Å². The smallest absolute Gasteiger partial charge is 0.143 e. The van der Waals surface area contributed by atoms with Crippen molar-refractivity contribution in [3.8, 4) is 33.4 Å². The Labute approximate surface area is 315 Å². The van der Waals surface area contributed by atoms with Crippen LogP contribution in [0.2, 0.25) is 0 Å². The predicted octanol–water partition coefficient (Wildman–Crippen LogP) is 14.4. The third kappa shape index (κ3) is 5.12. The van der Waals surface area contributed by atoms with Crippen LogP contribution in [-0.4, -0.2) is 0 Å². The highest BCUT2D eigenvalue weighted by Crippen LogP contribution is 2.42. The van der Waals surface area contributed by atoms with E-state index in [1.807, 2.05) is 115 Å². The molecule has 244 valence electrons. The molecule has 52 heavy (non-hydrogen) atoms. The lowest BCUT2D eigenvalue weighted by atomic mass is 9.97. The first kappa shape index (κ1) is 22.0. The Morgan fingerprint density at radius 3 is 1.90 bits per heavy atom. The molecule has 0 bridgehead atoms. The highest BCUT2D eigenvalue weighted by atomic mass is 16.3. The zero-order valence-corrected chi connectivity index (χ0v) is 27.7. The fourth-order valence-electron chi connectivity index (χ4n) is 7.20. The van der Waals surface area contributed by atoms with E-state index < -0.39 is 59.9 Å². The Morgan fingerprint density at radius 1 is 0.404 bits per heavy atom. The van der Waals surface area contributed by atoms with E-state index in [4.69, 9.17) is 11.3 Å². The number of anilines is 3. The van der Waals surface area contributed by atoms with Gasteiger partial charge in [0, 0.05) is 33.2 Å². The molecule has 0 fully saturated rings. The molecule has 0 aliphatic heterocycles. The predicted molar refractivity (Wildman–Crippen MR) is 220 cm³/mol. The van der Waals surface area contributed by atoms with Crippen molar-refractivity contribution in [3.05, 3.63) is 200 Å². The van der Waals surface area contributed by atoms with Crippen LogP contribution in [0.4, 0.5) is 17.1 Å². The molecule has 0 unspecified atom stereocenters. The maximum absolute atomic E-state index is 9.46. The molecular weight excluding hydrogens is 631 g/mol. The van der Waals surface area contributed by atoms with E-state index in [1.54, 1.807) is 4.90 Å². The van der Waals surface area contributed by atoms with Crippen LogP contribution < -0.4 is 4.90 Å². The maximum Gasteiger partial charge on any atom is 0.143 e. The van der Waals surface area contributed by atoms with E-state index in [2.05, 4.69) is 30.3 Å². The Kier molecular flexibility index (Phi) is 5.28. The van der Waals surface area contributed by atoms with Gasteiger partial charge >= 0.3 is 0 Å². The van der Waals surface area contributed by atoms with E-state index in [0.29, 0.717) is 11.4 Å². The first-order chi connectivity index (χ1) is 29.5. The number of hydrogen-bond acceptors (Lipinski definition) is 2. The molecule has 0 atom stereocenters. The molecule has 10 rings (SSSR count). The van der Waals surface area contributed by atoms with Crippen molar-refractivity contribution in [3.63, 3.8) is 0 Å². The number of hydrogen-bond donors (Lipinski definition) is 0. The van der Waals surface area contributed by atoms with E-state index in [0.717, 1.165) is 65.7 Å². The minimum Gasteiger partial charge on any atom is -0.455 e. The van der Waals surface area contributed by atoms with Gasteiger partial charge in [0.2, 0.25) is 0 Å². The van der Waals surface area contributed by atoms with E-state index in [9.17, 15) is 5.48 Å². The zero-order valence-electron chi connectivity index (χ0n) is 36.7. The lowest BCUT2D eigenvalue weighted by Crippen LogP contribution is -2.10. The number of fused-ring (bicyclic) bond motifs is 6. The average molecular weight is 673 g/mol. The molecule has 0 aliphatic carbocycles. The molecule has 2 nitrogen and oxygen atoms in total. The molecule has 10 aromatic rings. The van der Waals surface area contributed by atoms with Crippen LogP contribution in [0.5, 0.6) is 0 Å². The van der Waals surface area contributed by atoms with Gasteiger partial charge in [-0.05, 0) is 98.0 Å². The number of rotatable bonds is 6. The largest absolute Gasteiger partial charge is 0.455 e. The minimum absolute atomic E-state index is 0.0660. The van der Waals surface area contributed by atoms with E-state index in [-0.39, 0.29) is 11.3 Å².